The predicted octanol–water partition coefficient (Wildman–Crippen LogP) is 25.7. The first-order valence-corrected chi connectivity index (χ1v) is 32.3. The van der Waals surface area contributed by atoms with Crippen molar-refractivity contribution in [3.63, 3.8) is 0 Å². The van der Waals surface area contributed by atoms with Crippen LogP contribution in [-0.4, -0.2) is 0 Å². The molecule has 0 heterocycles. The molecule has 0 radical (unpaired) electrons. The third-order valence-corrected chi connectivity index (χ3v) is 15.5. The van der Waals surface area contributed by atoms with Crippen LogP contribution in [-0.2, 0) is 0 Å². The largest absolute Gasteiger partial charge is 0.103 e. The lowest BCUT2D eigenvalue weighted by Gasteiger charge is -2.05. The molecular weight excluding hydrogens is 805 g/mol. The van der Waals surface area contributed by atoms with E-state index < -0.39 is 0 Å². The second kappa shape index (κ2) is 65.2. The second-order valence-corrected chi connectivity index (χ2v) is 22.4. The van der Waals surface area contributed by atoms with Crippen molar-refractivity contribution in [3.05, 3.63) is 37.5 Å². The zero-order valence-corrected chi connectivity index (χ0v) is 46.9. The smallest absolute Gasteiger partial charge is 0.0351 e. The van der Waals surface area contributed by atoms with Crippen molar-refractivity contribution >= 4 is 0 Å². The van der Waals surface area contributed by atoms with Gasteiger partial charge in [-0.25, -0.2) is 0 Å². The topological polar surface area (TPSA) is 0 Å². The summed E-state index contributed by atoms with van der Waals surface area (Å²) in [7, 11) is 0. The molecule has 0 spiro atoms. The normalized spacial score (nSPS) is 11.7. The standard InChI is InChI=1S/C67H130/c1-3-5-7-9-11-13-15-17-19-21-23-25-27-29-31-33-35-37-39-41-43-45-47-49-51-53-55-57-59-61-63-65-67-66-64-62-60-58-56-54-52-50-48-46-44-42-40-38-36-34-32-30-28-26-24-22-20-18-16-14-12-10-8-6-4-2/h3-4,45,47H,1-2,5-44,46,48-67H2. The molecule has 0 aromatic carbocycles. The van der Waals surface area contributed by atoms with Gasteiger partial charge in [-0.15, -0.1) is 13.2 Å². The molecule has 0 unspecified atom stereocenters. The van der Waals surface area contributed by atoms with E-state index >= 15 is 0 Å². The summed E-state index contributed by atoms with van der Waals surface area (Å²) in [5.74, 6) is 0. The molecule has 0 aliphatic heterocycles. The van der Waals surface area contributed by atoms with Crippen LogP contribution in [0.4, 0.5) is 0 Å². The Morgan fingerprint density at radius 3 is 0.313 bits per heavy atom. The average Bonchev–Trinajstić information content (AvgIpc) is 3.34. The van der Waals surface area contributed by atoms with E-state index in [4.69, 9.17) is 0 Å². The van der Waals surface area contributed by atoms with Gasteiger partial charge in [0.05, 0.1) is 0 Å². The molecule has 0 fully saturated rings. The van der Waals surface area contributed by atoms with Crippen LogP contribution in [0.15, 0.2) is 37.5 Å². The lowest BCUT2D eigenvalue weighted by Crippen LogP contribution is -1.85. The monoisotopic (exact) mass is 935 g/mol. The molecule has 0 heteroatoms. The zero-order valence-electron chi connectivity index (χ0n) is 46.9. The highest BCUT2D eigenvalue weighted by molar-refractivity contribution is 4.81. The van der Waals surface area contributed by atoms with Gasteiger partial charge < -0.3 is 0 Å². The molecule has 67 heavy (non-hydrogen) atoms. The van der Waals surface area contributed by atoms with Crippen LogP contribution in [0.2, 0.25) is 0 Å². The molecule has 0 atom stereocenters. The van der Waals surface area contributed by atoms with E-state index in [0.29, 0.717) is 0 Å². The van der Waals surface area contributed by atoms with Gasteiger partial charge in [-0.05, 0) is 51.4 Å². The fourth-order valence-corrected chi connectivity index (χ4v) is 10.7. The summed E-state index contributed by atoms with van der Waals surface area (Å²) in [6.07, 6.45) is 97.9. The SMILES string of the molecule is C=CCCCCCCCCCCCCCCCCCCCCC=CCCCCCCCCCCCCCCCCCCCCCCCCCCCCCCCCCCCCCCCCCC=C. The van der Waals surface area contributed by atoms with Gasteiger partial charge in [0, 0.05) is 0 Å². The Balaban J connectivity index is 3.10. The first-order valence-electron chi connectivity index (χ1n) is 32.3. The third-order valence-electron chi connectivity index (χ3n) is 15.5. The lowest BCUT2D eigenvalue weighted by atomic mass is 10.0. The van der Waals surface area contributed by atoms with Crippen molar-refractivity contribution in [1.82, 2.24) is 0 Å². The average molecular weight is 936 g/mol. The van der Waals surface area contributed by atoms with Gasteiger partial charge in [-0.3, -0.25) is 0 Å². The number of rotatable bonds is 63. The minimum absolute atomic E-state index is 1.21. The Hall–Kier alpha value is -0.780. The van der Waals surface area contributed by atoms with Crippen molar-refractivity contribution in [2.75, 3.05) is 0 Å². The molecule has 0 bridgehead atoms. The first-order chi connectivity index (χ1) is 33.4. The van der Waals surface area contributed by atoms with Crippen LogP contribution in [0, 0.1) is 0 Å². The van der Waals surface area contributed by atoms with Crippen molar-refractivity contribution < 1.29 is 0 Å². The maximum Gasteiger partial charge on any atom is -0.0351 e. The number of hydrogen-bond donors (Lipinski definition) is 0. The number of unbranched alkanes of at least 4 members (excludes halogenated alkanes) is 59. The molecular formula is C67H130. The maximum absolute atomic E-state index is 3.82. The minimum atomic E-state index is 1.21. The molecule has 0 saturated carbocycles. The second-order valence-electron chi connectivity index (χ2n) is 22.4. The Morgan fingerprint density at radius 1 is 0.119 bits per heavy atom. The van der Waals surface area contributed by atoms with Crippen LogP contribution in [0.5, 0.6) is 0 Å². The Kier molecular flexibility index (Phi) is 64.5. The van der Waals surface area contributed by atoms with Gasteiger partial charge in [-0.1, -0.05) is 365 Å². The molecule has 0 saturated heterocycles. The molecule has 0 aromatic rings. The molecule has 0 nitrogen and oxygen atoms in total. The molecule has 0 aromatic heterocycles. The summed E-state index contributed by atoms with van der Waals surface area (Å²) in [5, 5.41) is 0. The zero-order chi connectivity index (χ0) is 48.0. The predicted molar refractivity (Wildman–Crippen MR) is 311 cm³/mol. The summed E-state index contributed by atoms with van der Waals surface area (Å²) in [6.45, 7) is 7.64. The van der Waals surface area contributed by atoms with Crippen molar-refractivity contribution in [2.45, 2.75) is 392 Å². The van der Waals surface area contributed by atoms with Crippen LogP contribution in [0.3, 0.4) is 0 Å². The van der Waals surface area contributed by atoms with E-state index in [0.717, 1.165) is 0 Å². The molecule has 0 amide bonds. The van der Waals surface area contributed by atoms with E-state index in [1.165, 1.54) is 392 Å². The van der Waals surface area contributed by atoms with Crippen molar-refractivity contribution in [3.8, 4) is 0 Å². The van der Waals surface area contributed by atoms with Gasteiger partial charge in [0.25, 0.3) is 0 Å². The lowest BCUT2D eigenvalue weighted by molar-refractivity contribution is 0.509. The highest BCUT2D eigenvalue weighted by Crippen LogP contribution is 2.19. The fraction of sp³-hybridized carbons (Fsp3) is 0.910. The van der Waals surface area contributed by atoms with Crippen LogP contribution in [0.1, 0.15) is 392 Å². The van der Waals surface area contributed by atoms with Crippen molar-refractivity contribution in [2.24, 2.45) is 0 Å². The van der Waals surface area contributed by atoms with Crippen LogP contribution >= 0.6 is 0 Å². The van der Waals surface area contributed by atoms with Gasteiger partial charge in [0.15, 0.2) is 0 Å². The Morgan fingerprint density at radius 2 is 0.209 bits per heavy atom. The van der Waals surface area contributed by atoms with Crippen LogP contribution < -0.4 is 0 Å². The molecule has 398 valence electrons. The fourth-order valence-electron chi connectivity index (χ4n) is 10.7. The summed E-state index contributed by atoms with van der Waals surface area (Å²) >= 11 is 0. The Bertz CT molecular complexity index is 880. The van der Waals surface area contributed by atoms with Crippen molar-refractivity contribution in [1.29, 1.82) is 0 Å². The Labute approximate surface area is 427 Å². The minimum Gasteiger partial charge on any atom is -0.103 e. The molecule has 0 N–H and O–H groups in total. The van der Waals surface area contributed by atoms with E-state index in [9.17, 15) is 0 Å². The number of hydrogen-bond acceptors (Lipinski definition) is 0. The van der Waals surface area contributed by atoms with Crippen LogP contribution in [0.25, 0.3) is 0 Å². The van der Waals surface area contributed by atoms with E-state index in [1.807, 2.05) is 0 Å². The quantitative estimate of drug-likeness (QED) is 0.0421. The van der Waals surface area contributed by atoms with Gasteiger partial charge in [0.2, 0.25) is 0 Å². The van der Waals surface area contributed by atoms with Gasteiger partial charge >= 0.3 is 0 Å². The molecule has 0 aliphatic carbocycles. The number of allylic oxidation sites excluding steroid dienone is 4. The highest BCUT2D eigenvalue weighted by atomic mass is 14.1. The summed E-state index contributed by atoms with van der Waals surface area (Å²) in [5.41, 5.74) is 0. The summed E-state index contributed by atoms with van der Waals surface area (Å²) in [4.78, 5) is 0. The summed E-state index contributed by atoms with van der Waals surface area (Å²) < 4.78 is 0. The first kappa shape index (κ1) is 66.2. The third kappa shape index (κ3) is 65.2. The van der Waals surface area contributed by atoms with Gasteiger partial charge in [0.1, 0.15) is 0 Å². The molecule has 0 rings (SSSR count). The summed E-state index contributed by atoms with van der Waals surface area (Å²) in [6, 6.07) is 0. The van der Waals surface area contributed by atoms with Gasteiger partial charge in [-0.2, -0.15) is 0 Å². The maximum atomic E-state index is 3.82. The van der Waals surface area contributed by atoms with E-state index in [-0.39, 0.29) is 0 Å². The van der Waals surface area contributed by atoms with E-state index in [1.54, 1.807) is 0 Å². The highest BCUT2D eigenvalue weighted by Gasteiger charge is 2.00. The van der Waals surface area contributed by atoms with E-state index in [2.05, 4.69) is 37.5 Å². The molecule has 0 aliphatic rings.